The first-order chi connectivity index (χ1) is 9.08. The Morgan fingerprint density at radius 2 is 2.37 bits per heavy atom. The van der Waals surface area contributed by atoms with E-state index in [-0.39, 0.29) is 18.2 Å². The summed E-state index contributed by atoms with van der Waals surface area (Å²) in [5, 5.41) is 8.32. The lowest BCUT2D eigenvalue weighted by molar-refractivity contribution is -0.117. The van der Waals surface area contributed by atoms with Gasteiger partial charge in [-0.2, -0.15) is 0 Å². The van der Waals surface area contributed by atoms with E-state index >= 15 is 0 Å². The smallest absolute Gasteiger partial charge is 0.223 e. The largest absolute Gasteiger partial charge is 0.381 e. The van der Waals surface area contributed by atoms with Crippen LogP contribution in [-0.2, 0) is 22.5 Å². The van der Waals surface area contributed by atoms with Gasteiger partial charge in [0, 0.05) is 19.1 Å². The molecule has 19 heavy (non-hydrogen) atoms. The molecule has 2 heterocycles. The number of carbonyl (C=O) groups is 1. The molecule has 1 aromatic rings. The monoisotopic (exact) mass is 266 g/mol. The number of ether oxygens (including phenoxy) is 1. The van der Waals surface area contributed by atoms with Gasteiger partial charge in [0.15, 0.2) is 0 Å². The number of hydrogen-bond donors (Lipinski definition) is 1. The van der Waals surface area contributed by atoms with Gasteiger partial charge in [0.2, 0.25) is 5.91 Å². The molecule has 1 amide bonds. The first kappa shape index (κ1) is 14.0. The van der Waals surface area contributed by atoms with Crippen LogP contribution in [0, 0.1) is 5.92 Å². The maximum atomic E-state index is 11.1. The van der Waals surface area contributed by atoms with Crippen molar-refractivity contribution in [3.05, 3.63) is 11.4 Å². The molecule has 106 valence electrons. The lowest BCUT2D eigenvalue weighted by Crippen LogP contribution is -2.18. The van der Waals surface area contributed by atoms with Crippen LogP contribution in [-0.4, -0.2) is 34.1 Å². The Morgan fingerprint density at radius 3 is 2.95 bits per heavy atom. The molecule has 0 aromatic carbocycles. The van der Waals surface area contributed by atoms with Crippen LogP contribution in [0.2, 0.25) is 0 Å². The number of aryl methyl sites for hydroxylation is 1. The van der Waals surface area contributed by atoms with Crippen molar-refractivity contribution in [1.29, 1.82) is 0 Å². The third-order valence-corrected chi connectivity index (χ3v) is 3.42. The van der Waals surface area contributed by atoms with Crippen LogP contribution in [0.3, 0.4) is 0 Å². The molecule has 1 fully saturated rings. The highest BCUT2D eigenvalue weighted by Gasteiger charge is 2.26. The van der Waals surface area contributed by atoms with Crippen molar-refractivity contribution in [3.8, 4) is 0 Å². The molecule has 1 aliphatic rings. The van der Waals surface area contributed by atoms with Crippen molar-refractivity contribution < 1.29 is 9.53 Å². The molecule has 6 nitrogen and oxygen atoms in total. The second-order valence-electron chi connectivity index (χ2n) is 5.53. The fourth-order valence-electron chi connectivity index (χ4n) is 2.39. The average Bonchev–Trinajstić information content (AvgIpc) is 2.94. The average molecular weight is 266 g/mol. The molecule has 0 bridgehead atoms. The Bertz CT molecular complexity index is 436. The quantitative estimate of drug-likeness (QED) is 0.827. The highest BCUT2D eigenvalue weighted by atomic mass is 16.5. The predicted octanol–water partition coefficient (Wildman–Crippen LogP) is 0.856. The maximum absolute atomic E-state index is 11.1. The Kier molecular flexibility index (Phi) is 4.52. The van der Waals surface area contributed by atoms with Crippen LogP contribution >= 0.6 is 0 Å². The lowest BCUT2D eigenvalue weighted by atomic mass is 10.0. The number of carbonyl (C=O) groups excluding carboxylic acids is 1. The Labute approximate surface area is 113 Å². The Morgan fingerprint density at radius 1 is 1.58 bits per heavy atom. The zero-order valence-corrected chi connectivity index (χ0v) is 11.6. The van der Waals surface area contributed by atoms with Crippen molar-refractivity contribution in [2.24, 2.45) is 11.7 Å². The summed E-state index contributed by atoms with van der Waals surface area (Å²) in [7, 11) is 0. The lowest BCUT2D eigenvalue weighted by Gasteiger charge is -2.13. The van der Waals surface area contributed by atoms with E-state index in [9.17, 15) is 4.79 Å². The number of nitrogens with zero attached hydrogens (tertiary/aromatic N) is 3. The second kappa shape index (κ2) is 6.14. The van der Waals surface area contributed by atoms with Gasteiger partial charge in [-0.1, -0.05) is 19.1 Å². The van der Waals surface area contributed by atoms with Crippen molar-refractivity contribution in [2.45, 2.75) is 45.6 Å². The summed E-state index contributed by atoms with van der Waals surface area (Å²) in [6, 6.07) is 0. The Hall–Kier alpha value is -1.43. The van der Waals surface area contributed by atoms with E-state index in [1.807, 2.05) is 4.68 Å². The molecule has 1 aliphatic heterocycles. The number of rotatable bonds is 6. The van der Waals surface area contributed by atoms with Crippen molar-refractivity contribution in [2.75, 3.05) is 13.2 Å². The van der Waals surface area contributed by atoms with Gasteiger partial charge < -0.3 is 10.5 Å². The van der Waals surface area contributed by atoms with E-state index in [0.29, 0.717) is 18.2 Å². The van der Waals surface area contributed by atoms with E-state index in [0.717, 1.165) is 31.7 Å². The Balaban J connectivity index is 2.21. The minimum Gasteiger partial charge on any atom is -0.381 e. The van der Waals surface area contributed by atoms with Gasteiger partial charge in [-0.15, -0.1) is 5.10 Å². The molecule has 0 aliphatic carbocycles. The number of primary amides is 1. The van der Waals surface area contributed by atoms with Gasteiger partial charge in [0.25, 0.3) is 0 Å². The van der Waals surface area contributed by atoms with E-state index in [4.69, 9.17) is 10.5 Å². The van der Waals surface area contributed by atoms with E-state index < -0.39 is 0 Å². The normalized spacial score (nSPS) is 19.2. The molecule has 6 heteroatoms. The van der Waals surface area contributed by atoms with Gasteiger partial charge >= 0.3 is 0 Å². The zero-order valence-electron chi connectivity index (χ0n) is 11.6. The molecule has 0 radical (unpaired) electrons. The van der Waals surface area contributed by atoms with E-state index in [1.165, 1.54) is 0 Å². The summed E-state index contributed by atoms with van der Waals surface area (Å²) in [4.78, 5) is 11.1. The van der Waals surface area contributed by atoms with Crippen molar-refractivity contribution in [1.82, 2.24) is 15.0 Å². The summed E-state index contributed by atoms with van der Waals surface area (Å²) < 4.78 is 7.36. The summed E-state index contributed by atoms with van der Waals surface area (Å²) in [6.07, 6.45) is 2.16. The van der Waals surface area contributed by atoms with E-state index in [2.05, 4.69) is 24.2 Å². The van der Waals surface area contributed by atoms with Gasteiger partial charge in [-0.05, 0) is 18.8 Å². The van der Waals surface area contributed by atoms with Gasteiger partial charge in [0.1, 0.15) is 0 Å². The van der Waals surface area contributed by atoms with Crippen molar-refractivity contribution in [3.63, 3.8) is 0 Å². The number of aromatic nitrogens is 3. The molecule has 2 N–H and O–H groups in total. The minimum atomic E-state index is -0.365. The summed E-state index contributed by atoms with van der Waals surface area (Å²) in [5.74, 6) is 0.532. The predicted molar refractivity (Wildman–Crippen MR) is 70.6 cm³/mol. The molecular weight excluding hydrogens is 244 g/mol. The van der Waals surface area contributed by atoms with Crippen LogP contribution in [0.5, 0.6) is 0 Å². The van der Waals surface area contributed by atoms with Crippen LogP contribution in [0.15, 0.2) is 0 Å². The van der Waals surface area contributed by atoms with Gasteiger partial charge in [-0.3, -0.25) is 4.79 Å². The van der Waals surface area contributed by atoms with Crippen molar-refractivity contribution >= 4 is 5.91 Å². The number of nitrogens with two attached hydrogens (primary N) is 1. The van der Waals surface area contributed by atoms with Gasteiger partial charge in [-0.25, -0.2) is 4.68 Å². The summed E-state index contributed by atoms with van der Waals surface area (Å²) in [6.45, 7) is 6.63. The van der Waals surface area contributed by atoms with E-state index in [1.54, 1.807) is 0 Å². The molecule has 1 aromatic heterocycles. The highest BCUT2D eigenvalue weighted by molar-refractivity contribution is 5.76. The van der Waals surface area contributed by atoms with Crippen LogP contribution in [0.1, 0.15) is 44.0 Å². The molecule has 1 saturated heterocycles. The van der Waals surface area contributed by atoms with Crippen LogP contribution in [0.4, 0.5) is 0 Å². The SMILES string of the molecule is CC(C)CCn1nnc(CC(N)=O)c1C1CCOC1. The fraction of sp³-hybridized carbons (Fsp3) is 0.769. The van der Waals surface area contributed by atoms with Gasteiger partial charge in [0.05, 0.1) is 24.4 Å². The van der Waals surface area contributed by atoms with Crippen LogP contribution < -0.4 is 5.73 Å². The fourth-order valence-corrected chi connectivity index (χ4v) is 2.39. The zero-order chi connectivity index (χ0) is 13.8. The second-order valence-corrected chi connectivity index (χ2v) is 5.53. The maximum Gasteiger partial charge on any atom is 0.223 e. The first-order valence-electron chi connectivity index (χ1n) is 6.86. The topological polar surface area (TPSA) is 83.0 Å². The van der Waals surface area contributed by atoms with Crippen LogP contribution in [0.25, 0.3) is 0 Å². The molecule has 1 atom stereocenters. The molecular formula is C13H22N4O2. The molecule has 0 spiro atoms. The highest BCUT2D eigenvalue weighted by Crippen LogP contribution is 2.27. The standard InChI is InChI=1S/C13H22N4O2/c1-9(2)3-5-17-13(10-4-6-19-8-10)11(15-16-17)7-12(14)18/h9-10H,3-8H2,1-2H3,(H2,14,18). The summed E-state index contributed by atoms with van der Waals surface area (Å²) >= 11 is 0. The molecule has 1 unspecified atom stereocenters. The number of amides is 1. The third-order valence-electron chi connectivity index (χ3n) is 3.42. The first-order valence-corrected chi connectivity index (χ1v) is 6.86. The summed E-state index contributed by atoms with van der Waals surface area (Å²) in [5.41, 5.74) is 7.03. The number of hydrogen-bond acceptors (Lipinski definition) is 4. The molecule has 0 saturated carbocycles. The minimum absolute atomic E-state index is 0.160. The molecule has 2 rings (SSSR count). The third kappa shape index (κ3) is 3.53.